The van der Waals surface area contributed by atoms with Crippen LogP contribution in [-0.4, -0.2) is 36.8 Å². The summed E-state index contributed by atoms with van der Waals surface area (Å²) in [7, 11) is 1.96. The van der Waals surface area contributed by atoms with Crippen LogP contribution in [0, 0.1) is 0 Å². The molecule has 1 aromatic rings. The summed E-state index contributed by atoms with van der Waals surface area (Å²) in [6.07, 6.45) is 2.20. The van der Waals surface area contributed by atoms with Gasteiger partial charge in [0.2, 0.25) is 0 Å². The lowest BCUT2D eigenvalue weighted by Gasteiger charge is -2.42. The van der Waals surface area contributed by atoms with Gasteiger partial charge in [0, 0.05) is 25.3 Å². The second kappa shape index (κ2) is 5.47. The monoisotopic (exact) mass is 263 g/mol. The van der Waals surface area contributed by atoms with E-state index in [2.05, 4.69) is 55.0 Å². The van der Waals surface area contributed by atoms with Gasteiger partial charge in [0.1, 0.15) is 5.82 Å². The number of hydrogen-bond donors (Lipinski definition) is 1. The summed E-state index contributed by atoms with van der Waals surface area (Å²) < 4.78 is 5.93. The number of pyridine rings is 1. The molecule has 0 aromatic carbocycles. The molecular formula is C15H25N3O. The maximum absolute atomic E-state index is 5.93. The highest BCUT2D eigenvalue weighted by Crippen LogP contribution is 2.25. The molecule has 19 heavy (non-hydrogen) atoms. The van der Waals surface area contributed by atoms with Crippen molar-refractivity contribution in [2.75, 3.05) is 25.0 Å². The van der Waals surface area contributed by atoms with Crippen LogP contribution in [0.5, 0.6) is 0 Å². The Bertz CT molecular complexity index is 416. The summed E-state index contributed by atoms with van der Waals surface area (Å²) in [5.74, 6) is 1.04. The van der Waals surface area contributed by atoms with Crippen LogP contribution in [0.2, 0.25) is 0 Å². The van der Waals surface area contributed by atoms with E-state index in [1.807, 2.05) is 13.2 Å². The van der Waals surface area contributed by atoms with E-state index in [4.69, 9.17) is 4.74 Å². The zero-order chi connectivity index (χ0) is 14.0. The molecule has 1 saturated heterocycles. The first-order valence-electron chi connectivity index (χ1n) is 6.97. The smallest absolute Gasteiger partial charge is 0.128 e. The Hall–Kier alpha value is -1.13. The van der Waals surface area contributed by atoms with Gasteiger partial charge in [-0.2, -0.15) is 0 Å². The second-order valence-electron chi connectivity index (χ2n) is 6.03. The lowest BCUT2D eigenvalue weighted by atomic mass is 10.1. The number of anilines is 1. The van der Waals surface area contributed by atoms with Crippen molar-refractivity contribution in [3.63, 3.8) is 0 Å². The molecular weight excluding hydrogens is 238 g/mol. The molecule has 2 heterocycles. The Balaban J connectivity index is 2.13. The SMILES string of the molecule is CNC(C)c1ccc(N2CC(C)OC(C)(C)C2)nc1. The number of nitrogens with one attached hydrogen (secondary N) is 1. The first kappa shape index (κ1) is 14.3. The van der Waals surface area contributed by atoms with E-state index < -0.39 is 0 Å². The topological polar surface area (TPSA) is 37.4 Å². The van der Waals surface area contributed by atoms with Crippen molar-refractivity contribution in [3.05, 3.63) is 23.9 Å². The minimum Gasteiger partial charge on any atom is -0.369 e. The van der Waals surface area contributed by atoms with Crippen LogP contribution in [0.3, 0.4) is 0 Å². The van der Waals surface area contributed by atoms with E-state index in [1.165, 1.54) is 5.56 Å². The first-order valence-corrected chi connectivity index (χ1v) is 6.97. The predicted molar refractivity (Wildman–Crippen MR) is 78.6 cm³/mol. The van der Waals surface area contributed by atoms with E-state index in [-0.39, 0.29) is 11.7 Å². The van der Waals surface area contributed by atoms with Gasteiger partial charge in [-0.3, -0.25) is 0 Å². The van der Waals surface area contributed by atoms with Gasteiger partial charge in [-0.05, 0) is 46.4 Å². The van der Waals surface area contributed by atoms with Gasteiger partial charge in [-0.25, -0.2) is 4.98 Å². The summed E-state index contributed by atoms with van der Waals surface area (Å²) >= 11 is 0. The highest BCUT2D eigenvalue weighted by molar-refractivity contribution is 5.41. The van der Waals surface area contributed by atoms with Crippen molar-refractivity contribution in [1.29, 1.82) is 0 Å². The average Bonchev–Trinajstić information content (AvgIpc) is 2.35. The Morgan fingerprint density at radius 3 is 2.74 bits per heavy atom. The van der Waals surface area contributed by atoms with Crippen molar-refractivity contribution in [2.24, 2.45) is 0 Å². The number of hydrogen-bond acceptors (Lipinski definition) is 4. The third-order valence-electron chi connectivity index (χ3n) is 3.60. The summed E-state index contributed by atoms with van der Waals surface area (Å²) in [6.45, 7) is 10.3. The van der Waals surface area contributed by atoms with Gasteiger partial charge in [-0.15, -0.1) is 0 Å². The molecule has 0 radical (unpaired) electrons. The Morgan fingerprint density at radius 1 is 1.47 bits per heavy atom. The Labute approximate surface area is 116 Å². The highest BCUT2D eigenvalue weighted by Gasteiger charge is 2.31. The molecule has 2 unspecified atom stereocenters. The van der Waals surface area contributed by atoms with Crippen molar-refractivity contribution < 1.29 is 4.74 Å². The van der Waals surface area contributed by atoms with E-state index in [9.17, 15) is 0 Å². The highest BCUT2D eigenvalue weighted by atomic mass is 16.5. The molecule has 1 aliphatic rings. The molecule has 1 aromatic heterocycles. The van der Waals surface area contributed by atoms with Crippen LogP contribution in [0.1, 0.15) is 39.3 Å². The molecule has 1 aliphatic heterocycles. The third kappa shape index (κ3) is 3.45. The van der Waals surface area contributed by atoms with E-state index in [0.717, 1.165) is 18.9 Å². The lowest BCUT2D eigenvalue weighted by Crippen LogP contribution is -2.52. The van der Waals surface area contributed by atoms with Crippen LogP contribution in [0.4, 0.5) is 5.82 Å². The summed E-state index contributed by atoms with van der Waals surface area (Å²) in [5, 5.41) is 3.23. The molecule has 0 saturated carbocycles. The van der Waals surface area contributed by atoms with Gasteiger partial charge in [0.25, 0.3) is 0 Å². The van der Waals surface area contributed by atoms with Gasteiger partial charge < -0.3 is 15.0 Å². The fourth-order valence-electron chi connectivity index (χ4n) is 2.64. The fourth-order valence-corrected chi connectivity index (χ4v) is 2.64. The van der Waals surface area contributed by atoms with Crippen LogP contribution in [-0.2, 0) is 4.74 Å². The maximum atomic E-state index is 5.93. The molecule has 0 aliphatic carbocycles. The third-order valence-corrected chi connectivity index (χ3v) is 3.60. The lowest BCUT2D eigenvalue weighted by molar-refractivity contribution is -0.0751. The average molecular weight is 263 g/mol. The zero-order valence-corrected chi connectivity index (χ0v) is 12.6. The normalized spacial score (nSPS) is 24.3. The number of aromatic nitrogens is 1. The molecule has 106 valence electrons. The number of nitrogens with zero attached hydrogens (tertiary/aromatic N) is 2. The Kier molecular flexibility index (Phi) is 4.11. The first-order chi connectivity index (χ1) is 8.91. The fraction of sp³-hybridized carbons (Fsp3) is 0.667. The predicted octanol–water partition coefficient (Wildman–Crippen LogP) is 2.37. The maximum Gasteiger partial charge on any atom is 0.128 e. The van der Waals surface area contributed by atoms with Crippen LogP contribution >= 0.6 is 0 Å². The number of morpholine rings is 1. The number of ether oxygens (including phenoxy) is 1. The Morgan fingerprint density at radius 2 is 2.21 bits per heavy atom. The van der Waals surface area contributed by atoms with Gasteiger partial charge in [-0.1, -0.05) is 6.07 Å². The van der Waals surface area contributed by atoms with Crippen molar-refractivity contribution in [3.8, 4) is 0 Å². The molecule has 2 atom stereocenters. The molecule has 1 N–H and O–H groups in total. The number of rotatable bonds is 3. The standard InChI is InChI=1S/C15H25N3O/c1-11-9-18(10-15(3,4)19-11)14-7-6-13(8-17-14)12(2)16-5/h6-8,11-12,16H,9-10H2,1-5H3. The largest absolute Gasteiger partial charge is 0.369 e. The van der Waals surface area contributed by atoms with E-state index in [1.54, 1.807) is 0 Å². The minimum atomic E-state index is -0.115. The van der Waals surface area contributed by atoms with Gasteiger partial charge in [0.05, 0.1) is 11.7 Å². The van der Waals surface area contributed by atoms with E-state index in [0.29, 0.717) is 6.04 Å². The summed E-state index contributed by atoms with van der Waals surface area (Å²) in [5.41, 5.74) is 1.10. The van der Waals surface area contributed by atoms with Crippen molar-refractivity contribution in [2.45, 2.75) is 45.4 Å². The van der Waals surface area contributed by atoms with Crippen molar-refractivity contribution in [1.82, 2.24) is 10.3 Å². The minimum absolute atomic E-state index is 0.115. The van der Waals surface area contributed by atoms with Gasteiger partial charge >= 0.3 is 0 Å². The molecule has 1 fully saturated rings. The van der Waals surface area contributed by atoms with Gasteiger partial charge in [0.15, 0.2) is 0 Å². The molecule has 4 heteroatoms. The molecule has 4 nitrogen and oxygen atoms in total. The summed E-state index contributed by atoms with van der Waals surface area (Å²) in [6, 6.07) is 4.59. The molecule has 0 spiro atoms. The van der Waals surface area contributed by atoms with Crippen LogP contribution < -0.4 is 10.2 Å². The zero-order valence-electron chi connectivity index (χ0n) is 12.6. The molecule has 0 amide bonds. The van der Waals surface area contributed by atoms with Crippen molar-refractivity contribution >= 4 is 5.82 Å². The quantitative estimate of drug-likeness (QED) is 0.908. The summed E-state index contributed by atoms with van der Waals surface area (Å²) in [4.78, 5) is 6.91. The van der Waals surface area contributed by atoms with E-state index >= 15 is 0 Å². The van der Waals surface area contributed by atoms with Crippen LogP contribution in [0.15, 0.2) is 18.3 Å². The molecule has 0 bridgehead atoms. The van der Waals surface area contributed by atoms with Crippen LogP contribution in [0.25, 0.3) is 0 Å². The second-order valence-corrected chi connectivity index (χ2v) is 6.03. The molecule has 2 rings (SSSR count).